The van der Waals surface area contributed by atoms with Crippen molar-refractivity contribution < 1.29 is 13.9 Å². The predicted molar refractivity (Wildman–Crippen MR) is 85.3 cm³/mol. The monoisotopic (exact) mass is 415 g/mol. The Bertz CT molecular complexity index is 694. The van der Waals surface area contributed by atoms with Crippen LogP contribution in [0, 0.1) is 5.82 Å². The minimum atomic E-state index is -0.396. The van der Waals surface area contributed by atoms with E-state index < -0.39 is 6.04 Å². The lowest BCUT2D eigenvalue weighted by molar-refractivity contribution is 0.171. The van der Waals surface area contributed by atoms with E-state index in [2.05, 4.69) is 31.9 Å². The van der Waals surface area contributed by atoms with E-state index in [1.165, 1.54) is 6.07 Å². The Labute approximate surface area is 138 Å². The van der Waals surface area contributed by atoms with Gasteiger partial charge in [0.15, 0.2) is 11.5 Å². The highest BCUT2D eigenvalue weighted by atomic mass is 79.9. The van der Waals surface area contributed by atoms with E-state index in [1.807, 2.05) is 12.1 Å². The Morgan fingerprint density at radius 2 is 1.67 bits per heavy atom. The van der Waals surface area contributed by atoms with Gasteiger partial charge in [-0.1, -0.05) is 22.0 Å². The first kappa shape index (κ1) is 14.8. The Morgan fingerprint density at radius 1 is 1.00 bits per heavy atom. The molecule has 21 heavy (non-hydrogen) atoms. The summed E-state index contributed by atoms with van der Waals surface area (Å²) in [5.74, 6) is 1.06. The molecule has 1 unspecified atom stereocenters. The maximum Gasteiger partial charge on any atom is 0.162 e. The Hall–Kier alpha value is -1.11. The molecule has 0 radical (unpaired) electrons. The predicted octanol–water partition coefficient (Wildman–Crippen LogP) is 4.17. The third-order valence-electron chi connectivity index (χ3n) is 3.30. The van der Waals surface area contributed by atoms with Crippen LogP contribution in [0.15, 0.2) is 39.3 Å². The highest BCUT2D eigenvalue weighted by Crippen LogP contribution is 2.39. The van der Waals surface area contributed by atoms with Crippen LogP contribution in [-0.4, -0.2) is 13.2 Å². The fourth-order valence-corrected chi connectivity index (χ4v) is 3.17. The average Bonchev–Trinajstić information content (AvgIpc) is 2.48. The fraction of sp³-hybridized carbons (Fsp3) is 0.200. The van der Waals surface area contributed by atoms with Crippen molar-refractivity contribution in [1.82, 2.24) is 0 Å². The smallest absolute Gasteiger partial charge is 0.162 e. The molecule has 0 aliphatic carbocycles. The van der Waals surface area contributed by atoms with Crippen LogP contribution < -0.4 is 15.2 Å². The zero-order valence-electron chi connectivity index (χ0n) is 10.9. The lowest BCUT2D eigenvalue weighted by Crippen LogP contribution is -2.17. The Balaban J connectivity index is 2.00. The van der Waals surface area contributed by atoms with Crippen molar-refractivity contribution in [2.75, 3.05) is 13.2 Å². The first-order valence-corrected chi connectivity index (χ1v) is 7.94. The summed E-state index contributed by atoms with van der Waals surface area (Å²) < 4.78 is 25.7. The SMILES string of the molecule is NC(c1ccc(F)c(Br)c1)c1cc2c(cc1Br)OCCO2. The minimum Gasteiger partial charge on any atom is -0.486 e. The zero-order chi connectivity index (χ0) is 15.0. The van der Waals surface area contributed by atoms with E-state index in [1.54, 1.807) is 12.1 Å². The molecule has 2 N–H and O–H groups in total. The van der Waals surface area contributed by atoms with E-state index >= 15 is 0 Å². The molecule has 1 aliphatic heterocycles. The van der Waals surface area contributed by atoms with Gasteiger partial charge in [-0.25, -0.2) is 4.39 Å². The Morgan fingerprint density at radius 3 is 2.33 bits per heavy atom. The summed E-state index contributed by atoms with van der Waals surface area (Å²) in [5, 5.41) is 0. The normalized spacial score (nSPS) is 14.9. The fourth-order valence-electron chi connectivity index (χ4n) is 2.20. The van der Waals surface area contributed by atoms with Gasteiger partial charge in [-0.15, -0.1) is 0 Å². The number of hydrogen-bond donors (Lipinski definition) is 1. The summed E-state index contributed by atoms with van der Waals surface area (Å²) >= 11 is 6.68. The van der Waals surface area contributed by atoms with Crippen molar-refractivity contribution >= 4 is 31.9 Å². The summed E-state index contributed by atoms with van der Waals surface area (Å²) in [6.45, 7) is 1.06. The van der Waals surface area contributed by atoms with Gasteiger partial charge in [0.25, 0.3) is 0 Å². The molecule has 0 bridgehead atoms. The van der Waals surface area contributed by atoms with Crippen LogP contribution in [0.2, 0.25) is 0 Å². The minimum absolute atomic E-state index is 0.313. The van der Waals surface area contributed by atoms with E-state index in [0.717, 1.165) is 15.6 Å². The highest BCUT2D eigenvalue weighted by molar-refractivity contribution is 9.10. The second-order valence-electron chi connectivity index (χ2n) is 4.67. The van der Waals surface area contributed by atoms with Crippen LogP contribution >= 0.6 is 31.9 Å². The van der Waals surface area contributed by atoms with Gasteiger partial charge >= 0.3 is 0 Å². The average molecular weight is 417 g/mol. The topological polar surface area (TPSA) is 44.5 Å². The number of hydrogen-bond acceptors (Lipinski definition) is 3. The molecule has 0 amide bonds. The van der Waals surface area contributed by atoms with Crippen molar-refractivity contribution in [2.24, 2.45) is 5.73 Å². The summed E-state index contributed by atoms with van der Waals surface area (Å²) in [5.41, 5.74) is 7.96. The lowest BCUT2D eigenvalue weighted by atomic mass is 9.99. The maximum atomic E-state index is 13.3. The van der Waals surface area contributed by atoms with Gasteiger partial charge in [0, 0.05) is 4.47 Å². The summed E-state index contributed by atoms with van der Waals surface area (Å²) in [6, 6.07) is 8.07. The van der Waals surface area contributed by atoms with E-state index in [9.17, 15) is 4.39 Å². The largest absolute Gasteiger partial charge is 0.486 e. The molecule has 1 aliphatic rings. The van der Waals surface area contributed by atoms with Crippen molar-refractivity contribution in [3.05, 3.63) is 56.2 Å². The highest BCUT2D eigenvalue weighted by Gasteiger charge is 2.19. The third kappa shape index (κ3) is 2.93. The van der Waals surface area contributed by atoms with Crippen LogP contribution in [0.3, 0.4) is 0 Å². The second kappa shape index (κ2) is 5.94. The molecule has 1 atom stereocenters. The molecular weight excluding hydrogens is 405 g/mol. The molecule has 0 aromatic heterocycles. The number of rotatable bonds is 2. The molecule has 2 aromatic carbocycles. The van der Waals surface area contributed by atoms with Crippen LogP contribution in [0.4, 0.5) is 4.39 Å². The molecule has 3 rings (SSSR count). The number of fused-ring (bicyclic) bond motifs is 1. The van der Waals surface area contributed by atoms with Gasteiger partial charge in [0.05, 0.1) is 10.5 Å². The third-order valence-corrected chi connectivity index (χ3v) is 4.59. The number of benzene rings is 2. The van der Waals surface area contributed by atoms with Crippen LogP contribution in [0.1, 0.15) is 17.2 Å². The standard InChI is InChI=1S/C15H12Br2FNO2/c16-10-7-14-13(20-3-4-21-14)6-9(10)15(19)8-1-2-12(18)11(17)5-8/h1-2,5-7,15H,3-4,19H2. The first-order chi connectivity index (χ1) is 10.1. The van der Waals surface area contributed by atoms with Crippen LogP contribution in [-0.2, 0) is 0 Å². The molecule has 1 heterocycles. The van der Waals surface area contributed by atoms with Gasteiger partial charge in [-0.05, 0) is 51.3 Å². The quantitative estimate of drug-likeness (QED) is 0.798. The summed E-state index contributed by atoms with van der Waals surface area (Å²) in [6.07, 6.45) is 0. The summed E-state index contributed by atoms with van der Waals surface area (Å²) in [7, 11) is 0. The molecule has 3 nitrogen and oxygen atoms in total. The van der Waals surface area contributed by atoms with Crippen LogP contribution in [0.5, 0.6) is 11.5 Å². The van der Waals surface area contributed by atoms with Crippen molar-refractivity contribution in [2.45, 2.75) is 6.04 Å². The number of ether oxygens (including phenoxy) is 2. The second-order valence-corrected chi connectivity index (χ2v) is 6.38. The molecule has 2 aromatic rings. The van der Waals surface area contributed by atoms with E-state index in [-0.39, 0.29) is 5.82 Å². The van der Waals surface area contributed by atoms with Crippen LogP contribution in [0.25, 0.3) is 0 Å². The molecule has 0 saturated heterocycles. The zero-order valence-corrected chi connectivity index (χ0v) is 14.1. The van der Waals surface area contributed by atoms with Gasteiger partial charge in [0.2, 0.25) is 0 Å². The number of halogens is 3. The van der Waals surface area contributed by atoms with Gasteiger partial charge < -0.3 is 15.2 Å². The van der Waals surface area contributed by atoms with Crippen molar-refractivity contribution in [1.29, 1.82) is 0 Å². The Kier molecular flexibility index (Phi) is 4.19. The van der Waals surface area contributed by atoms with Crippen molar-refractivity contribution in [3.8, 4) is 11.5 Å². The number of nitrogens with two attached hydrogens (primary N) is 1. The lowest BCUT2D eigenvalue weighted by Gasteiger charge is -2.22. The maximum absolute atomic E-state index is 13.3. The molecular formula is C15H12Br2FNO2. The first-order valence-electron chi connectivity index (χ1n) is 6.36. The van der Waals surface area contributed by atoms with E-state index in [0.29, 0.717) is 29.2 Å². The molecule has 6 heteroatoms. The van der Waals surface area contributed by atoms with Gasteiger partial charge in [-0.2, -0.15) is 0 Å². The molecule has 0 fully saturated rings. The van der Waals surface area contributed by atoms with Gasteiger partial charge in [-0.3, -0.25) is 0 Å². The molecule has 0 saturated carbocycles. The van der Waals surface area contributed by atoms with Gasteiger partial charge in [0.1, 0.15) is 19.0 Å². The van der Waals surface area contributed by atoms with Crippen molar-refractivity contribution in [3.63, 3.8) is 0 Å². The van der Waals surface area contributed by atoms with E-state index in [4.69, 9.17) is 15.2 Å². The molecule has 110 valence electrons. The summed E-state index contributed by atoms with van der Waals surface area (Å²) in [4.78, 5) is 0. The molecule has 0 spiro atoms.